The van der Waals surface area contributed by atoms with E-state index in [4.69, 9.17) is 13.9 Å². The third-order valence-corrected chi connectivity index (χ3v) is 3.72. The highest BCUT2D eigenvalue weighted by Crippen LogP contribution is 2.31. The zero-order valence-electron chi connectivity index (χ0n) is 12.9. The van der Waals surface area contributed by atoms with Gasteiger partial charge >= 0.3 is 5.97 Å². The van der Waals surface area contributed by atoms with Gasteiger partial charge in [-0.2, -0.15) is 0 Å². The number of aryl methyl sites for hydroxylation is 1. The van der Waals surface area contributed by atoms with Crippen LogP contribution in [0.3, 0.4) is 0 Å². The number of hydrogen-bond donors (Lipinski definition) is 1. The zero-order chi connectivity index (χ0) is 16.8. The van der Waals surface area contributed by atoms with Crippen LogP contribution in [0.15, 0.2) is 32.7 Å². The van der Waals surface area contributed by atoms with Gasteiger partial charge in [0.1, 0.15) is 4.91 Å². The Labute approximate surface area is 137 Å². The van der Waals surface area contributed by atoms with Gasteiger partial charge in [0, 0.05) is 6.42 Å². The molecule has 0 radical (unpaired) electrons. The maximum absolute atomic E-state index is 11.4. The molecule has 0 bridgehead atoms. The average molecular weight is 336 g/mol. The molecule has 0 aliphatic rings. The van der Waals surface area contributed by atoms with Gasteiger partial charge in [-0.1, -0.05) is 13.0 Å². The smallest absolute Gasteiger partial charge is 0.342 e. The molecule has 0 aliphatic heterocycles. The van der Waals surface area contributed by atoms with Crippen LogP contribution in [-0.2, 0) is 11.2 Å². The Bertz CT molecular complexity index is 726. The van der Waals surface area contributed by atoms with Crippen molar-refractivity contribution >= 4 is 23.8 Å². The molecule has 8 heteroatoms. The van der Waals surface area contributed by atoms with Crippen LogP contribution in [0.25, 0.3) is 6.08 Å². The van der Waals surface area contributed by atoms with Crippen LogP contribution >= 0.6 is 11.8 Å². The number of aromatic nitrogens is 2. The lowest BCUT2D eigenvalue weighted by atomic mass is 10.2. The summed E-state index contributed by atoms with van der Waals surface area (Å²) in [5, 5.41) is 17.2. The van der Waals surface area contributed by atoms with Crippen LogP contribution in [0.5, 0.6) is 11.5 Å². The highest BCUT2D eigenvalue weighted by atomic mass is 32.2. The topological polar surface area (TPSA) is 94.7 Å². The van der Waals surface area contributed by atoms with Gasteiger partial charge in [0.2, 0.25) is 5.89 Å². The third kappa shape index (κ3) is 4.26. The minimum absolute atomic E-state index is 0.0588. The second-order valence-corrected chi connectivity index (χ2v) is 5.34. The monoisotopic (exact) mass is 336 g/mol. The molecule has 0 saturated heterocycles. The SMILES string of the molecule is CCc1nnc(S/C(=C\c2ccc(OC)c(OC)c2)C(=O)O)o1. The van der Waals surface area contributed by atoms with E-state index in [0.29, 0.717) is 29.4 Å². The van der Waals surface area contributed by atoms with E-state index in [1.807, 2.05) is 6.92 Å². The number of carboxylic acids is 1. The van der Waals surface area contributed by atoms with Gasteiger partial charge in [-0.25, -0.2) is 4.79 Å². The molecule has 0 amide bonds. The lowest BCUT2D eigenvalue weighted by molar-refractivity contribution is -0.131. The molecule has 1 aromatic carbocycles. The van der Waals surface area contributed by atoms with Gasteiger partial charge in [-0.3, -0.25) is 0 Å². The summed E-state index contributed by atoms with van der Waals surface area (Å²) in [6.45, 7) is 1.87. The number of carboxylic acid groups (broad SMARTS) is 1. The van der Waals surface area contributed by atoms with Crippen molar-refractivity contribution in [1.82, 2.24) is 10.2 Å². The lowest BCUT2D eigenvalue weighted by Gasteiger charge is -2.08. The lowest BCUT2D eigenvalue weighted by Crippen LogP contribution is -1.97. The molecule has 0 atom stereocenters. The van der Waals surface area contributed by atoms with Crippen LogP contribution in [0.1, 0.15) is 18.4 Å². The molecule has 23 heavy (non-hydrogen) atoms. The van der Waals surface area contributed by atoms with E-state index in [1.54, 1.807) is 18.2 Å². The van der Waals surface area contributed by atoms with E-state index < -0.39 is 5.97 Å². The highest BCUT2D eigenvalue weighted by molar-refractivity contribution is 8.03. The first-order chi connectivity index (χ1) is 11.1. The number of ether oxygens (including phenoxy) is 2. The standard InChI is InChI=1S/C15H16N2O5S/c1-4-13-16-17-15(22-13)23-12(14(18)19)8-9-5-6-10(20-2)11(7-9)21-3/h5-8H,4H2,1-3H3,(H,18,19)/b12-8-. The molecule has 2 rings (SSSR count). The minimum Gasteiger partial charge on any atom is -0.493 e. The van der Waals surface area contributed by atoms with E-state index in [1.165, 1.54) is 20.3 Å². The van der Waals surface area contributed by atoms with Crippen molar-refractivity contribution in [2.75, 3.05) is 14.2 Å². The van der Waals surface area contributed by atoms with E-state index >= 15 is 0 Å². The quantitative estimate of drug-likeness (QED) is 0.609. The van der Waals surface area contributed by atoms with Crippen molar-refractivity contribution in [3.05, 3.63) is 34.6 Å². The summed E-state index contributed by atoms with van der Waals surface area (Å²) in [4.78, 5) is 11.5. The van der Waals surface area contributed by atoms with Gasteiger partial charge in [0.05, 0.1) is 14.2 Å². The van der Waals surface area contributed by atoms with Crippen molar-refractivity contribution in [2.45, 2.75) is 18.6 Å². The normalized spacial score (nSPS) is 11.3. The molecule has 1 heterocycles. The van der Waals surface area contributed by atoms with Crippen LogP contribution < -0.4 is 9.47 Å². The largest absolute Gasteiger partial charge is 0.493 e. The summed E-state index contributed by atoms with van der Waals surface area (Å²) in [7, 11) is 3.05. The van der Waals surface area contributed by atoms with Crippen LogP contribution in [-0.4, -0.2) is 35.5 Å². The molecule has 0 fully saturated rings. The summed E-state index contributed by atoms with van der Waals surface area (Å²) >= 11 is 0.900. The van der Waals surface area contributed by atoms with E-state index in [-0.39, 0.29) is 10.1 Å². The summed E-state index contributed by atoms with van der Waals surface area (Å²) in [6.07, 6.45) is 2.10. The van der Waals surface area contributed by atoms with Crippen molar-refractivity contribution in [3.63, 3.8) is 0 Å². The Kier molecular flexibility index (Phi) is 5.64. The Balaban J connectivity index is 2.29. The fraction of sp³-hybridized carbons (Fsp3) is 0.267. The average Bonchev–Trinajstić information content (AvgIpc) is 3.01. The molecular weight excluding hydrogens is 320 g/mol. The Morgan fingerprint density at radius 3 is 2.61 bits per heavy atom. The summed E-state index contributed by atoms with van der Waals surface area (Å²) in [6, 6.07) is 5.13. The van der Waals surface area contributed by atoms with E-state index in [9.17, 15) is 9.90 Å². The van der Waals surface area contributed by atoms with Crippen LogP contribution in [0, 0.1) is 0 Å². The van der Waals surface area contributed by atoms with Crippen molar-refractivity contribution in [2.24, 2.45) is 0 Å². The Hall–Kier alpha value is -2.48. The molecule has 0 spiro atoms. The number of nitrogens with zero attached hydrogens (tertiary/aromatic N) is 2. The number of thioether (sulfide) groups is 1. The number of rotatable bonds is 7. The third-order valence-electron chi connectivity index (χ3n) is 2.86. The fourth-order valence-electron chi connectivity index (χ4n) is 1.75. The molecule has 0 saturated carbocycles. The van der Waals surface area contributed by atoms with Gasteiger partial charge in [-0.15, -0.1) is 10.2 Å². The number of benzene rings is 1. The first-order valence-electron chi connectivity index (χ1n) is 6.74. The first kappa shape index (κ1) is 16.9. The van der Waals surface area contributed by atoms with Crippen LogP contribution in [0.4, 0.5) is 0 Å². The van der Waals surface area contributed by atoms with Crippen molar-refractivity contribution < 1.29 is 23.8 Å². The molecule has 1 N–H and O–H groups in total. The van der Waals surface area contributed by atoms with E-state index in [0.717, 1.165) is 11.8 Å². The van der Waals surface area contributed by atoms with Gasteiger partial charge < -0.3 is 19.0 Å². The summed E-state index contributed by atoms with van der Waals surface area (Å²) in [5.41, 5.74) is 0.655. The maximum Gasteiger partial charge on any atom is 0.342 e. The molecule has 2 aromatic rings. The van der Waals surface area contributed by atoms with E-state index in [2.05, 4.69) is 10.2 Å². The number of aliphatic carboxylic acids is 1. The first-order valence-corrected chi connectivity index (χ1v) is 7.56. The molecular formula is C15H16N2O5S. The number of hydrogen-bond acceptors (Lipinski definition) is 7. The molecule has 7 nitrogen and oxygen atoms in total. The predicted molar refractivity (Wildman–Crippen MR) is 84.7 cm³/mol. The zero-order valence-corrected chi connectivity index (χ0v) is 13.7. The van der Waals surface area contributed by atoms with Crippen molar-refractivity contribution in [3.8, 4) is 11.5 Å². The second kappa shape index (κ2) is 7.68. The van der Waals surface area contributed by atoms with Crippen LogP contribution in [0.2, 0.25) is 0 Å². The van der Waals surface area contributed by atoms with Gasteiger partial charge in [0.15, 0.2) is 11.5 Å². The fourth-order valence-corrected chi connectivity index (χ4v) is 2.44. The second-order valence-electron chi connectivity index (χ2n) is 4.35. The Morgan fingerprint density at radius 2 is 2.04 bits per heavy atom. The molecule has 1 aromatic heterocycles. The summed E-state index contributed by atoms with van der Waals surface area (Å²) in [5.74, 6) is 0.463. The summed E-state index contributed by atoms with van der Waals surface area (Å²) < 4.78 is 15.7. The maximum atomic E-state index is 11.4. The predicted octanol–water partition coefficient (Wildman–Crippen LogP) is 2.87. The molecule has 0 unspecified atom stereocenters. The Morgan fingerprint density at radius 1 is 1.30 bits per heavy atom. The molecule has 122 valence electrons. The van der Waals surface area contributed by atoms with Crippen molar-refractivity contribution in [1.29, 1.82) is 0 Å². The molecule has 0 aliphatic carbocycles. The number of methoxy groups -OCH3 is 2. The van der Waals surface area contributed by atoms with Gasteiger partial charge in [0.25, 0.3) is 5.22 Å². The number of carbonyl (C=O) groups is 1. The van der Waals surface area contributed by atoms with Gasteiger partial charge in [-0.05, 0) is 35.5 Å². The highest BCUT2D eigenvalue weighted by Gasteiger charge is 2.15. The minimum atomic E-state index is -1.08.